The molecule has 3 rings (SSSR count). The van der Waals surface area contributed by atoms with Gasteiger partial charge in [0.2, 0.25) is 0 Å². The van der Waals surface area contributed by atoms with Gasteiger partial charge < -0.3 is 20.2 Å². The number of anilines is 1. The third kappa shape index (κ3) is 7.36. The summed E-state index contributed by atoms with van der Waals surface area (Å²) in [5.74, 6) is 0.563. The molecule has 10 heteroatoms. The number of halogens is 4. The van der Waals surface area contributed by atoms with Crippen LogP contribution in [0, 0.1) is 13.8 Å². The molecule has 2 heterocycles. The molecule has 0 atom stereocenters. The largest absolute Gasteiger partial charge is 0.489 e. The van der Waals surface area contributed by atoms with E-state index in [0.717, 1.165) is 17.0 Å². The summed E-state index contributed by atoms with van der Waals surface area (Å²) in [6.07, 6.45) is 0.470. The van der Waals surface area contributed by atoms with Crippen LogP contribution < -0.4 is 15.8 Å². The number of nitrogens with two attached hydrogens (primary N) is 1. The molecule has 0 unspecified atom stereocenters. The van der Waals surface area contributed by atoms with Crippen LogP contribution in [0.3, 0.4) is 0 Å². The molecule has 0 saturated heterocycles. The van der Waals surface area contributed by atoms with Gasteiger partial charge in [0, 0.05) is 36.1 Å². The number of hydrogen-bond donors (Lipinski definition) is 2. The SMILES string of the molecule is Cc1cc(CNc2nc3ccc(OC/C(=C/F)CN)cc3o2)cc(C)n1.Cl.Cl.Cl. The average Bonchev–Trinajstić information content (AvgIpc) is 3.02. The van der Waals surface area contributed by atoms with Gasteiger partial charge in [0.1, 0.15) is 17.9 Å². The van der Waals surface area contributed by atoms with E-state index in [1.54, 1.807) is 18.2 Å². The zero-order chi connectivity index (χ0) is 18.5. The third-order valence-corrected chi connectivity index (χ3v) is 3.79. The van der Waals surface area contributed by atoms with Crippen molar-refractivity contribution in [2.24, 2.45) is 5.73 Å². The minimum absolute atomic E-state index is 0. The number of rotatable bonds is 7. The van der Waals surface area contributed by atoms with E-state index in [0.29, 0.717) is 41.3 Å². The second-order valence-electron chi connectivity index (χ2n) is 6.02. The molecular formula is C19H24Cl3FN4O2. The van der Waals surface area contributed by atoms with E-state index in [4.69, 9.17) is 14.9 Å². The molecule has 160 valence electrons. The molecule has 6 nitrogen and oxygen atoms in total. The quantitative estimate of drug-likeness (QED) is 0.516. The highest BCUT2D eigenvalue weighted by Gasteiger charge is 2.08. The van der Waals surface area contributed by atoms with Crippen molar-refractivity contribution in [1.29, 1.82) is 0 Å². The molecule has 0 aliphatic heterocycles. The van der Waals surface area contributed by atoms with Crippen molar-refractivity contribution >= 4 is 54.3 Å². The van der Waals surface area contributed by atoms with Crippen LogP contribution in [0.2, 0.25) is 0 Å². The first-order chi connectivity index (χ1) is 12.6. The highest BCUT2D eigenvalue weighted by atomic mass is 35.5. The van der Waals surface area contributed by atoms with E-state index >= 15 is 0 Å². The maximum Gasteiger partial charge on any atom is 0.295 e. The smallest absolute Gasteiger partial charge is 0.295 e. The Morgan fingerprint density at radius 3 is 2.45 bits per heavy atom. The number of pyridine rings is 1. The Morgan fingerprint density at radius 2 is 1.83 bits per heavy atom. The molecule has 0 spiro atoms. The Kier molecular flexibility index (Phi) is 11.6. The van der Waals surface area contributed by atoms with Crippen LogP contribution in [0.1, 0.15) is 17.0 Å². The summed E-state index contributed by atoms with van der Waals surface area (Å²) in [5.41, 5.74) is 10.1. The number of nitrogens with one attached hydrogen (secondary N) is 1. The lowest BCUT2D eigenvalue weighted by molar-refractivity contribution is 0.347. The lowest BCUT2D eigenvalue weighted by Crippen LogP contribution is -2.10. The van der Waals surface area contributed by atoms with Gasteiger partial charge in [-0.2, -0.15) is 4.98 Å². The molecule has 0 saturated carbocycles. The van der Waals surface area contributed by atoms with Gasteiger partial charge in [0.15, 0.2) is 5.58 Å². The van der Waals surface area contributed by atoms with Crippen LogP contribution in [0.15, 0.2) is 46.7 Å². The van der Waals surface area contributed by atoms with Crippen molar-refractivity contribution in [3.8, 4) is 5.75 Å². The van der Waals surface area contributed by atoms with Gasteiger partial charge >= 0.3 is 0 Å². The van der Waals surface area contributed by atoms with Crippen LogP contribution in [-0.4, -0.2) is 23.1 Å². The fraction of sp³-hybridized carbons (Fsp3) is 0.263. The van der Waals surface area contributed by atoms with E-state index < -0.39 is 0 Å². The molecule has 2 aromatic heterocycles. The van der Waals surface area contributed by atoms with Crippen molar-refractivity contribution in [2.75, 3.05) is 18.5 Å². The van der Waals surface area contributed by atoms with Crippen molar-refractivity contribution < 1.29 is 13.5 Å². The molecule has 0 radical (unpaired) electrons. The number of nitrogens with zero attached hydrogens (tertiary/aromatic N) is 2. The minimum Gasteiger partial charge on any atom is -0.489 e. The first-order valence-electron chi connectivity index (χ1n) is 8.27. The molecule has 0 amide bonds. The van der Waals surface area contributed by atoms with Crippen LogP contribution in [0.4, 0.5) is 10.4 Å². The van der Waals surface area contributed by atoms with Gasteiger partial charge in [-0.25, -0.2) is 4.39 Å². The number of oxazole rings is 1. The Bertz CT molecular complexity index is 930. The first kappa shape index (κ1) is 26.9. The molecule has 0 fully saturated rings. The lowest BCUT2D eigenvalue weighted by Gasteiger charge is -2.06. The van der Waals surface area contributed by atoms with Gasteiger partial charge in [-0.15, -0.1) is 37.2 Å². The molecule has 0 aliphatic rings. The number of fused-ring (bicyclic) bond motifs is 1. The number of hydrogen-bond acceptors (Lipinski definition) is 6. The molecule has 29 heavy (non-hydrogen) atoms. The third-order valence-electron chi connectivity index (χ3n) is 3.79. The number of aromatic nitrogens is 2. The fourth-order valence-electron chi connectivity index (χ4n) is 2.58. The van der Waals surface area contributed by atoms with E-state index in [1.165, 1.54) is 0 Å². The average molecular weight is 466 g/mol. The maximum atomic E-state index is 12.5. The molecular weight excluding hydrogens is 442 g/mol. The summed E-state index contributed by atoms with van der Waals surface area (Å²) in [6, 6.07) is 9.73. The standard InChI is InChI=1S/C19H21FN4O2.3ClH/c1-12-5-14(6-13(2)23-12)10-22-19-24-17-4-3-16(7-18(17)26-19)25-11-15(8-20)9-21;;;/h3-8H,9-11,21H2,1-2H3,(H,22,24);3*1H/b15-8+;;;. The summed E-state index contributed by atoms with van der Waals surface area (Å²) >= 11 is 0. The topological polar surface area (TPSA) is 86.2 Å². The zero-order valence-corrected chi connectivity index (χ0v) is 18.4. The van der Waals surface area contributed by atoms with Crippen molar-refractivity contribution in [3.63, 3.8) is 0 Å². The van der Waals surface area contributed by atoms with Crippen LogP contribution >= 0.6 is 37.2 Å². The normalized spacial score (nSPS) is 10.6. The van der Waals surface area contributed by atoms with Gasteiger partial charge in [0.05, 0.1) is 6.33 Å². The lowest BCUT2D eigenvalue weighted by atomic mass is 10.2. The molecule has 0 bridgehead atoms. The predicted molar refractivity (Wildman–Crippen MR) is 121 cm³/mol. The van der Waals surface area contributed by atoms with Crippen LogP contribution in [0.25, 0.3) is 11.1 Å². The van der Waals surface area contributed by atoms with Gasteiger partial charge in [-0.05, 0) is 43.7 Å². The summed E-state index contributed by atoms with van der Waals surface area (Å²) < 4.78 is 23.8. The minimum atomic E-state index is 0. The summed E-state index contributed by atoms with van der Waals surface area (Å²) in [7, 11) is 0. The van der Waals surface area contributed by atoms with Gasteiger partial charge in [-0.3, -0.25) is 4.98 Å². The van der Waals surface area contributed by atoms with Gasteiger partial charge in [0.25, 0.3) is 6.01 Å². The fourth-order valence-corrected chi connectivity index (χ4v) is 2.58. The number of ether oxygens (including phenoxy) is 1. The maximum absolute atomic E-state index is 12.5. The Morgan fingerprint density at radius 1 is 1.14 bits per heavy atom. The highest BCUT2D eigenvalue weighted by Crippen LogP contribution is 2.24. The monoisotopic (exact) mass is 464 g/mol. The summed E-state index contributed by atoms with van der Waals surface area (Å²) in [5, 5.41) is 3.17. The number of benzene rings is 1. The molecule has 3 N–H and O–H groups in total. The zero-order valence-electron chi connectivity index (χ0n) is 16.0. The highest BCUT2D eigenvalue weighted by molar-refractivity contribution is 5.86. The summed E-state index contributed by atoms with van der Waals surface area (Å²) in [6.45, 7) is 4.72. The van der Waals surface area contributed by atoms with Crippen LogP contribution in [-0.2, 0) is 6.54 Å². The second-order valence-corrected chi connectivity index (χ2v) is 6.02. The van der Waals surface area contributed by atoms with Gasteiger partial charge in [-0.1, -0.05) is 0 Å². The molecule has 1 aromatic carbocycles. The van der Waals surface area contributed by atoms with E-state index in [2.05, 4.69) is 15.3 Å². The molecule has 0 aliphatic carbocycles. The van der Waals surface area contributed by atoms with E-state index in [-0.39, 0.29) is 50.4 Å². The van der Waals surface area contributed by atoms with Crippen molar-refractivity contribution in [3.05, 3.63) is 59.2 Å². The molecule has 3 aromatic rings. The number of aryl methyl sites for hydroxylation is 2. The summed E-state index contributed by atoms with van der Waals surface area (Å²) in [4.78, 5) is 8.76. The van der Waals surface area contributed by atoms with E-state index in [1.807, 2.05) is 26.0 Å². The van der Waals surface area contributed by atoms with Crippen molar-refractivity contribution in [1.82, 2.24) is 9.97 Å². The Hall–Kier alpha value is -2.06. The van der Waals surface area contributed by atoms with Crippen molar-refractivity contribution in [2.45, 2.75) is 20.4 Å². The van der Waals surface area contributed by atoms with Crippen LogP contribution in [0.5, 0.6) is 5.75 Å². The Labute approximate surface area is 187 Å². The Balaban J connectivity index is 0.00000261. The second kappa shape index (κ2) is 12.5. The van der Waals surface area contributed by atoms with E-state index in [9.17, 15) is 4.39 Å². The first-order valence-corrected chi connectivity index (χ1v) is 8.27. The predicted octanol–water partition coefficient (Wildman–Crippen LogP) is 4.91.